The Bertz CT molecular complexity index is 1340. The van der Waals surface area contributed by atoms with Crippen LogP contribution in [0.3, 0.4) is 0 Å². The molecule has 0 spiro atoms. The van der Waals surface area contributed by atoms with Crippen molar-refractivity contribution in [3.8, 4) is 28.3 Å². The Morgan fingerprint density at radius 2 is 1.88 bits per heavy atom. The van der Waals surface area contributed by atoms with Crippen LogP contribution in [-0.2, 0) is 6.54 Å². The fraction of sp³-hybridized carbons (Fsp3) is 0.333. The van der Waals surface area contributed by atoms with E-state index in [1.807, 2.05) is 24.5 Å². The summed E-state index contributed by atoms with van der Waals surface area (Å²) in [6.07, 6.45) is 5.96. The third-order valence-electron chi connectivity index (χ3n) is 7.15. The van der Waals surface area contributed by atoms with Gasteiger partial charge in [0, 0.05) is 43.8 Å². The van der Waals surface area contributed by atoms with E-state index in [9.17, 15) is 4.39 Å². The Morgan fingerprint density at radius 3 is 2.68 bits per heavy atom. The molecule has 0 unspecified atom stereocenters. The van der Waals surface area contributed by atoms with E-state index in [2.05, 4.69) is 69.3 Å². The van der Waals surface area contributed by atoms with Gasteiger partial charge in [-0.1, -0.05) is 19.1 Å². The molecule has 0 amide bonds. The molecule has 1 aromatic carbocycles. The molecule has 6 rings (SSSR count). The first-order valence-corrected chi connectivity index (χ1v) is 11.9. The van der Waals surface area contributed by atoms with E-state index >= 15 is 0 Å². The summed E-state index contributed by atoms with van der Waals surface area (Å²) < 4.78 is 17.8. The highest BCUT2D eigenvalue weighted by Gasteiger charge is 2.31. The minimum atomic E-state index is -0.227. The zero-order valence-corrected chi connectivity index (χ0v) is 19.8. The number of anilines is 1. The van der Waals surface area contributed by atoms with Crippen LogP contribution in [0.2, 0.25) is 0 Å². The number of rotatable bonds is 4. The quantitative estimate of drug-likeness (QED) is 0.398. The highest BCUT2D eigenvalue weighted by molar-refractivity contribution is 5.71. The van der Waals surface area contributed by atoms with Crippen molar-refractivity contribution in [2.45, 2.75) is 13.5 Å². The van der Waals surface area contributed by atoms with Gasteiger partial charge in [0.15, 0.2) is 5.82 Å². The molecule has 174 valence electrons. The number of imidazole rings is 1. The molecule has 5 heterocycles. The van der Waals surface area contributed by atoms with Crippen LogP contribution in [0.25, 0.3) is 28.3 Å². The smallest absolute Gasteiger partial charge is 0.161 e. The molecule has 0 aliphatic carbocycles. The molecule has 0 saturated carbocycles. The number of hydrogen-bond donors (Lipinski definition) is 0. The lowest BCUT2D eigenvalue weighted by Crippen LogP contribution is -2.27. The minimum absolute atomic E-state index is 0.227. The van der Waals surface area contributed by atoms with Crippen molar-refractivity contribution in [3.63, 3.8) is 0 Å². The molecule has 7 heteroatoms. The van der Waals surface area contributed by atoms with Gasteiger partial charge in [-0.05, 0) is 61.8 Å². The maximum atomic E-state index is 13.4. The summed E-state index contributed by atoms with van der Waals surface area (Å²) in [6, 6.07) is 13.1. The lowest BCUT2D eigenvalue weighted by Gasteiger charge is -2.21. The van der Waals surface area contributed by atoms with Crippen LogP contribution >= 0.6 is 0 Å². The largest absolute Gasteiger partial charge is 0.356 e. The van der Waals surface area contributed by atoms with Gasteiger partial charge in [0.05, 0.1) is 23.6 Å². The second-order valence-electron chi connectivity index (χ2n) is 9.91. The number of pyridine rings is 1. The standard InChI is InChI=1S/C27H29FN6/c1-18-13-33(16-21(18)14-31(2)3)26-9-8-24-23(30-26)17-32-15-20(19-4-6-22(28)7-5-19)12-25(32)27-29-10-11-34(24)27/h4-12,15,18,21H,13-14,16-17H2,1-3H3/t18-,21+/m1/s1. The topological polar surface area (TPSA) is 42.1 Å². The molecule has 34 heavy (non-hydrogen) atoms. The van der Waals surface area contributed by atoms with E-state index in [1.54, 1.807) is 0 Å². The second-order valence-corrected chi connectivity index (χ2v) is 9.91. The Hall–Kier alpha value is -3.45. The lowest BCUT2D eigenvalue weighted by atomic mass is 9.98. The monoisotopic (exact) mass is 456 g/mol. The van der Waals surface area contributed by atoms with Crippen LogP contribution in [0.5, 0.6) is 0 Å². The van der Waals surface area contributed by atoms with E-state index in [0.717, 1.165) is 59.5 Å². The van der Waals surface area contributed by atoms with Crippen molar-refractivity contribution >= 4 is 5.82 Å². The summed E-state index contributed by atoms with van der Waals surface area (Å²) in [4.78, 5) is 14.5. The molecule has 0 radical (unpaired) electrons. The first-order valence-electron chi connectivity index (χ1n) is 11.9. The summed E-state index contributed by atoms with van der Waals surface area (Å²) >= 11 is 0. The van der Waals surface area contributed by atoms with Gasteiger partial charge in [0.1, 0.15) is 11.6 Å². The average molecular weight is 457 g/mol. The fourth-order valence-corrected chi connectivity index (χ4v) is 5.40. The molecular formula is C27H29FN6. The second kappa shape index (κ2) is 8.09. The highest BCUT2D eigenvalue weighted by Crippen LogP contribution is 2.35. The van der Waals surface area contributed by atoms with E-state index in [-0.39, 0.29) is 5.82 Å². The maximum Gasteiger partial charge on any atom is 0.161 e. The summed E-state index contributed by atoms with van der Waals surface area (Å²) in [5.74, 6) is 2.99. The van der Waals surface area contributed by atoms with Crippen LogP contribution in [0.1, 0.15) is 12.6 Å². The van der Waals surface area contributed by atoms with Crippen molar-refractivity contribution < 1.29 is 4.39 Å². The highest BCUT2D eigenvalue weighted by atomic mass is 19.1. The molecule has 3 aromatic heterocycles. The number of hydrogen-bond acceptors (Lipinski definition) is 4. The van der Waals surface area contributed by atoms with E-state index < -0.39 is 0 Å². The number of nitrogens with zero attached hydrogens (tertiary/aromatic N) is 6. The van der Waals surface area contributed by atoms with Crippen molar-refractivity contribution in [1.82, 2.24) is 24.0 Å². The van der Waals surface area contributed by atoms with Gasteiger partial charge < -0.3 is 14.4 Å². The Balaban J connectivity index is 1.37. The van der Waals surface area contributed by atoms with Gasteiger partial charge in [0.25, 0.3) is 0 Å². The molecule has 1 fully saturated rings. The van der Waals surface area contributed by atoms with Crippen LogP contribution in [0.4, 0.5) is 10.2 Å². The molecule has 2 aliphatic rings. The SMILES string of the molecule is C[C@@H]1CN(c2ccc3c(n2)Cn2cc(-c4ccc(F)cc4)cc2-c2nccn2-3)C[C@@H]1CN(C)C. The van der Waals surface area contributed by atoms with Crippen molar-refractivity contribution in [1.29, 1.82) is 0 Å². The Labute approximate surface area is 199 Å². The lowest BCUT2D eigenvalue weighted by molar-refractivity contribution is 0.301. The Kier molecular flexibility index (Phi) is 5.03. The maximum absolute atomic E-state index is 13.4. The molecular weight excluding hydrogens is 427 g/mol. The van der Waals surface area contributed by atoms with Gasteiger partial charge in [-0.25, -0.2) is 14.4 Å². The predicted octanol–water partition coefficient (Wildman–Crippen LogP) is 4.54. The van der Waals surface area contributed by atoms with E-state index in [1.165, 1.54) is 12.1 Å². The summed E-state index contributed by atoms with van der Waals surface area (Å²) in [6.45, 7) is 6.17. The predicted molar refractivity (Wildman–Crippen MR) is 133 cm³/mol. The number of aromatic nitrogens is 4. The summed E-state index contributed by atoms with van der Waals surface area (Å²) in [7, 11) is 4.29. The van der Waals surface area contributed by atoms with Crippen LogP contribution in [0, 0.1) is 17.7 Å². The number of fused-ring (bicyclic) bond motifs is 5. The van der Waals surface area contributed by atoms with Gasteiger partial charge >= 0.3 is 0 Å². The first-order chi connectivity index (χ1) is 16.5. The zero-order valence-electron chi connectivity index (χ0n) is 19.8. The van der Waals surface area contributed by atoms with Gasteiger partial charge in [0.2, 0.25) is 0 Å². The van der Waals surface area contributed by atoms with E-state index in [4.69, 9.17) is 4.98 Å². The molecule has 2 atom stereocenters. The van der Waals surface area contributed by atoms with Crippen LogP contribution in [-0.4, -0.2) is 57.7 Å². The van der Waals surface area contributed by atoms with E-state index in [0.29, 0.717) is 18.4 Å². The minimum Gasteiger partial charge on any atom is -0.356 e. The Morgan fingerprint density at radius 1 is 1.06 bits per heavy atom. The van der Waals surface area contributed by atoms with Gasteiger partial charge in [-0.3, -0.25) is 4.57 Å². The first kappa shape index (κ1) is 21.1. The number of benzene rings is 1. The summed E-state index contributed by atoms with van der Waals surface area (Å²) in [5, 5.41) is 0. The summed E-state index contributed by atoms with van der Waals surface area (Å²) in [5.41, 5.74) is 5.16. The normalized spacial score (nSPS) is 19.1. The fourth-order valence-electron chi connectivity index (χ4n) is 5.40. The van der Waals surface area contributed by atoms with Crippen LogP contribution in [0.15, 0.2) is 61.1 Å². The van der Waals surface area contributed by atoms with Crippen LogP contribution < -0.4 is 4.90 Å². The third-order valence-corrected chi connectivity index (χ3v) is 7.15. The molecule has 2 aliphatic heterocycles. The average Bonchev–Trinajstić information content (AvgIpc) is 3.52. The number of halogens is 1. The zero-order chi connectivity index (χ0) is 23.4. The molecule has 0 N–H and O–H groups in total. The third kappa shape index (κ3) is 3.60. The molecule has 4 aromatic rings. The van der Waals surface area contributed by atoms with Crippen molar-refractivity contribution in [2.24, 2.45) is 11.8 Å². The molecule has 6 nitrogen and oxygen atoms in total. The van der Waals surface area contributed by atoms with Crippen molar-refractivity contribution in [3.05, 3.63) is 72.6 Å². The van der Waals surface area contributed by atoms with Gasteiger partial charge in [-0.2, -0.15) is 0 Å². The molecule has 0 bridgehead atoms. The molecule has 1 saturated heterocycles. The van der Waals surface area contributed by atoms with Gasteiger partial charge in [-0.15, -0.1) is 0 Å². The van der Waals surface area contributed by atoms with Crippen molar-refractivity contribution in [2.75, 3.05) is 38.6 Å².